The number of carbonyl (C=O) groups is 3. The second kappa shape index (κ2) is 9.74. The molecule has 9 atom stereocenters. The van der Waals surface area contributed by atoms with Gasteiger partial charge in [-0.3, -0.25) is 19.3 Å². The Labute approximate surface area is 236 Å². The smallest absolute Gasteiger partial charge is 0.323 e. The van der Waals surface area contributed by atoms with Crippen molar-refractivity contribution >= 4 is 17.5 Å². The van der Waals surface area contributed by atoms with E-state index in [9.17, 15) is 24.6 Å². The highest BCUT2D eigenvalue weighted by molar-refractivity contribution is 6.01. The lowest BCUT2D eigenvalue weighted by molar-refractivity contribution is -0.159. The van der Waals surface area contributed by atoms with Gasteiger partial charge in [0.15, 0.2) is 11.6 Å². The van der Waals surface area contributed by atoms with E-state index < -0.39 is 35.0 Å². The molecule has 40 heavy (non-hydrogen) atoms. The number of ketones is 2. The van der Waals surface area contributed by atoms with Gasteiger partial charge in [0.25, 0.3) is 0 Å². The Morgan fingerprint density at radius 1 is 1.15 bits per heavy atom. The molecule has 7 heteroatoms. The van der Waals surface area contributed by atoms with Crippen LogP contribution in [0.1, 0.15) is 52.0 Å². The molecule has 1 aliphatic heterocycles. The molecule has 0 spiro atoms. The number of hydrogen-bond donors (Lipinski definition) is 2. The molecule has 1 heterocycles. The highest BCUT2D eigenvalue weighted by atomic mass is 16.5. The summed E-state index contributed by atoms with van der Waals surface area (Å²) in [6, 6.07) is 9.33. The minimum absolute atomic E-state index is 0.000239. The minimum Gasteiger partial charge on any atom is -0.465 e. The largest absolute Gasteiger partial charge is 0.465 e. The van der Waals surface area contributed by atoms with Crippen LogP contribution >= 0.6 is 0 Å². The molecule has 3 saturated carbocycles. The molecule has 1 aromatic rings. The number of aliphatic hydroxyl groups excluding tert-OH is 2. The molecule has 1 saturated heterocycles. The average molecular weight is 548 g/mol. The first-order chi connectivity index (χ1) is 19.1. The second-order valence-corrected chi connectivity index (χ2v) is 13.2. The Morgan fingerprint density at radius 3 is 2.60 bits per heavy atom. The summed E-state index contributed by atoms with van der Waals surface area (Å²) in [5.41, 5.74) is 0.150. The fraction of sp³-hybridized carbons (Fsp3) is 0.606. The van der Waals surface area contributed by atoms with Crippen LogP contribution in [-0.4, -0.2) is 64.6 Å². The van der Waals surface area contributed by atoms with Gasteiger partial charge in [-0.2, -0.15) is 0 Å². The monoisotopic (exact) mass is 547 g/mol. The summed E-state index contributed by atoms with van der Waals surface area (Å²) in [5.74, 6) is -0.705. The number of ether oxygens (including phenoxy) is 1. The number of carbonyl (C=O) groups excluding carboxylic acids is 3. The van der Waals surface area contributed by atoms with Gasteiger partial charge in [0.2, 0.25) is 0 Å². The molecule has 4 aliphatic carbocycles. The Kier molecular flexibility index (Phi) is 6.71. The van der Waals surface area contributed by atoms with E-state index in [0.717, 1.165) is 24.0 Å². The Bertz CT molecular complexity index is 1270. The molecule has 4 fully saturated rings. The van der Waals surface area contributed by atoms with Gasteiger partial charge in [-0.05, 0) is 73.5 Å². The van der Waals surface area contributed by atoms with E-state index in [1.807, 2.05) is 36.4 Å². The number of aliphatic hydroxyl groups is 2. The van der Waals surface area contributed by atoms with E-state index in [0.29, 0.717) is 25.9 Å². The molecule has 0 bridgehead atoms. The standard InChI is InChI=1S/C33H41NO6/c1-4-40-30(39)29-25-15-24-23-11-10-21-14-22(36)12-13-31(21,2)28(23)26(37)16-32(24,3)33(25,27(38)18-35)19-34(29)17-20-8-6-5-7-9-20/h5-9,12-14,23-26,28-29,35,37H,4,10-11,15-19H2,1-3H3/t23-,24-,25-,26-,28+,29?,31-,32-,33+/m0/s1. The molecule has 0 amide bonds. The van der Waals surface area contributed by atoms with E-state index >= 15 is 0 Å². The molecule has 2 N–H and O–H groups in total. The summed E-state index contributed by atoms with van der Waals surface area (Å²) in [6.45, 7) is 6.58. The van der Waals surface area contributed by atoms with Crippen molar-refractivity contribution in [3.63, 3.8) is 0 Å². The maximum atomic E-state index is 14.0. The molecule has 0 radical (unpaired) electrons. The van der Waals surface area contributed by atoms with Crippen molar-refractivity contribution in [2.75, 3.05) is 19.8 Å². The highest BCUT2D eigenvalue weighted by Gasteiger charge is 2.76. The van der Waals surface area contributed by atoms with Crippen LogP contribution in [-0.2, 0) is 25.7 Å². The van der Waals surface area contributed by atoms with E-state index in [-0.39, 0.29) is 47.8 Å². The molecule has 7 nitrogen and oxygen atoms in total. The third kappa shape index (κ3) is 3.70. The first kappa shape index (κ1) is 27.6. The quantitative estimate of drug-likeness (QED) is 0.526. The van der Waals surface area contributed by atoms with Gasteiger partial charge in [-0.1, -0.05) is 55.8 Å². The number of likely N-dealkylation sites (tertiary alicyclic amines) is 1. The maximum absolute atomic E-state index is 14.0. The minimum atomic E-state index is -0.972. The number of benzene rings is 1. The number of esters is 1. The maximum Gasteiger partial charge on any atom is 0.323 e. The van der Waals surface area contributed by atoms with Gasteiger partial charge in [-0.25, -0.2) is 0 Å². The number of fused-ring (bicyclic) bond motifs is 7. The Morgan fingerprint density at radius 2 is 1.90 bits per heavy atom. The van der Waals surface area contributed by atoms with Crippen LogP contribution in [0.3, 0.4) is 0 Å². The molecular weight excluding hydrogens is 506 g/mol. The van der Waals surface area contributed by atoms with Gasteiger partial charge in [0.05, 0.1) is 18.1 Å². The summed E-state index contributed by atoms with van der Waals surface area (Å²) >= 11 is 0. The molecule has 214 valence electrons. The normalized spacial score (nSPS) is 41.9. The second-order valence-electron chi connectivity index (χ2n) is 13.2. The molecule has 6 rings (SSSR count). The fourth-order valence-corrected chi connectivity index (χ4v) is 10.2. The summed E-state index contributed by atoms with van der Waals surface area (Å²) < 4.78 is 5.62. The van der Waals surface area contributed by atoms with E-state index in [4.69, 9.17) is 4.74 Å². The SMILES string of the molecule is CCOC(=O)C1[C@@H]2C[C@H]3[C@@H]4CCC5=CC(=O)C=C[C@]5(C)[C@H]4[C@@H](O)C[C@]3(C)[C@]2(C(=O)CO)CN1Cc1ccccc1. The van der Waals surface area contributed by atoms with Gasteiger partial charge in [0.1, 0.15) is 12.6 Å². The summed E-state index contributed by atoms with van der Waals surface area (Å²) in [4.78, 5) is 41.9. The number of hydrogen-bond acceptors (Lipinski definition) is 7. The van der Waals surface area contributed by atoms with Gasteiger partial charge >= 0.3 is 5.97 Å². The van der Waals surface area contributed by atoms with Gasteiger partial charge in [0, 0.05) is 24.4 Å². The summed E-state index contributed by atoms with van der Waals surface area (Å²) in [5, 5.41) is 22.3. The van der Waals surface area contributed by atoms with Crippen LogP contribution in [0.15, 0.2) is 54.1 Å². The molecular formula is C33H41NO6. The predicted molar refractivity (Wildman–Crippen MR) is 149 cm³/mol. The number of rotatable bonds is 6. The molecule has 1 unspecified atom stereocenters. The summed E-state index contributed by atoms with van der Waals surface area (Å²) in [7, 11) is 0. The number of allylic oxidation sites excluding steroid dienone is 4. The lowest BCUT2D eigenvalue weighted by atomic mass is 9.44. The first-order valence-electron chi connectivity index (χ1n) is 14.8. The predicted octanol–water partition coefficient (Wildman–Crippen LogP) is 3.49. The van der Waals surface area contributed by atoms with E-state index in [1.165, 1.54) is 0 Å². The van der Waals surface area contributed by atoms with Crippen LogP contribution in [0.25, 0.3) is 0 Å². The highest BCUT2D eigenvalue weighted by Crippen LogP contribution is 2.73. The lowest BCUT2D eigenvalue weighted by Crippen LogP contribution is -2.60. The molecule has 1 aromatic carbocycles. The van der Waals surface area contributed by atoms with Crippen molar-refractivity contribution < 1.29 is 29.3 Å². The fourth-order valence-electron chi connectivity index (χ4n) is 10.2. The zero-order valence-corrected chi connectivity index (χ0v) is 23.7. The van der Waals surface area contributed by atoms with E-state index in [2.05, 4.69) is 18.7 Å². The van der Waals surface area contributed by atoms with E-state index in [1.54, 1.807) is 19.1 Å². The Hall–Kier alpha value is -2.61. The van der Waals surface area contributed by atoms with Crippen molar-refractivity contribution in [3.8, 4) is 0 Å². The Balaban J connectivity index is 1.44. The van der Waals surface area contributed by atoms with Crippen molar-refractivity contribution in [2.24, 2.45) is 39.9 Å². The van der Waals surface area contributed by atoms with Crippen LogP contribution in [0.4, 0.5) is 0 Å². The van der Waals surface area contributed by atoms with Crippen molar-refractivity contribution in [1.82, 2.24) is 4.90 Å². The van der Waals surface area contributed by atoms with Crippen LogP contribution in [0, 0.1) is 39.9 Å². The van der Waals surface area contributed by atoms with Gasteiger partial charge < -0.3 is 14.9 Å². The van der Waals surface area contributed by atoms with Gasteiger partial charge in [-0.15, -0.1) is 0 Å². The number of Topliss-reactive ketones (excluding diaryl/α,β-unsaturated/α-hetero) is 1. The topological polar surface area (TPSA) is 104 Å². The third-order valence-electron chi connectivity index (χ3n) is 11.7. The van der Waals surface area contributed by atoms with Crippen molar-refractivity contribution in [1.29, 1.82) is 0 Å². The number of nitrogens with zero attached hydrogens (tertiary/aromatic N) is 1. The van der Waals surface area contributed by atoms with Crippen molar-refractivity contribution in [2.45, 2.75) is 65.1 Å². The van der Waals surface area contributed by atoms with Crippen molar-refractivity contribution in [3.05, 3.63) is 59.7 Å². The zero-order valence-electron chi connectivity index (χ0n) is 23.7. The molecule has 5 aliphatic rings. The van der Waals surface area contributed by atoms with Crippen LogP contribution in [0.2, 0.25) is 0 Å². The van der Waals surface area contributed by atoms with Crippen LogP contribution < -0.4 is 0 Å². The first-order valence-corrected chi connectivity index (χ1v) is 14.8. The molecule has 0 aromatic heterocycles. The zero-order chi connectivity index (χ0) is 28.4. The summed E-state index contributed by atoms with van der Waals surface area (Å²) in [6.07, 6.45) is 7.38. The lowest BCUT2D eigenvalue weighted by Gasteiger charge is -2.60. The third-order valence-corrected chi connectivity index (χ3v) is 11.7. The van der Waals surface area contributed by atoms with Crippen LogP contribution in [0.5, 0.6) is 0 Å². The average Bonchev–Trinajstić information content (AvgIpc) is 3.38.